The van der Waals surface area contributed by atoms with Crippen molar-refractivity contribution in [1.29, 1.82) is 0 Å². The lowest BCUT2D eigenvalue weighted by Gasteiger charge is -2.29. The van der Waals surface area contributed by atoms with Crippen LogP contribution in [0.5, 0.6) is 0 Å². The van der Waals surface area contributed by atoms with Gasteiger partial charge in [0, 0.05) is 37.4 Å². The Bertz CT molecular complexity index is 1140. The first-order chi connectivity index (χ1) is 17.0. The number of hydrogen-bond donors (Lipinski definition) is 0. The number of carbonyl (C=O) groups is 2. The van der Waals surface area contributed by atoms with Crippen LogP contribution in [0.4, 0.5) is 5.69 Å². The number of rotatable bonds is 10. The zero-order chi connectivity index (χ0) is 24.6. The van der Waals surface area contributed by atoms with Gasteiger partial charge in [0.15, 0.2) is 0 Å². The van der Waals surface area contributed by atoms with Crippen molar-refractivity contribution < 1.29 is 23.7 Å². The minimum absolute atomic E-state index is 0.158. The van der Waals surface area contributed by atoms with Crippen LogP contribution in [0, 0.1) is 10.1 Å². The van der Waals surface area contributed by atoms with Crippen LogP contribution in [0.3, 0.4) is 0 Å². The lowest BCUT2D eigenvalue weighted by molar-refractivity contribution is -0.384. The molecule has 0 radical (unpaired) electrons. The summed E-state index contributed by atoms with van der Waals surface area (Å²) < 4.78 is 11.2. The summed E-state index contributed by atoms with van der Waals surface area (Å²) >= 11 is 0. The third-order valence-electron chi connectivity index (χ3n) is 5.86. The molecule has 0 spiro atoms. The van der Waals surface area contributed by atoms with Crippen LogP contribution in [0.25, 0.3) is 0 Å². The standard InChI is InChI=1S/C26H27N3O6/c30-25(27(17-23-11-5-13-34-23)16-20-7-2-1-3-8-20)19-28(18-24-12-6-14-35-24)26(31)21-9-4-10-22(15-21)29(32)33/h1-5,7-11,13,15,24H,6,12,14,16-19H2. The van der Waals surface area contributed by atoms with Gasteiger partial charge < -0.3 is 19.0 Å². The van der Waals surface area contributed by atoms with Crippen molar-refractivity contribution in [2.75, 3.05) is 19.7 Å². The van der Waals surface area contributed by atoms with Crippen LogP contribution in [-0.4, -0.2) is 52.3 Å². The van der Waals surface area contributed by atoms with Gasteiger partial charge in [0.05, 0.1) is 23.8 Å². The first-order valence-electron chi connectivity index (χ1n) is 11.5. The Hall–Kier alpha value is -3.98. The number of hydrogen-bond acceptors (Lipinski definition) is 6. The molecule has 182 valence electrons. The molecule has 9 nitrogen and oxygen atoms in total. The molecule has 1 fully saturated rings. The molecule has 35 heavy (non-hydrogen) atoms. The number of furan rings is 1. The molecule has 1 aromatic heterocycles. The van der Waals surface area contributed by atoms with Crippen molar-refractivity contribution in [2.24, 2.45) is 0 Å². The summed E-state index contributed by atoms with van der Waals surface area (Å²) in [7, 11) is 0. The van der Waals surface area contributed by atoms with E-state index in [9.17, 15) is 19.7 Å². The van der Waals surface area contributed by atoms with Gasteiger partial charge in [-0.3, -0.25) is 19.7 Å². The SMILES string of the molecule is O=C(CN(CC1CCCO1)C(=O)c1cccc([N+](=O)[O-])c1)N(Cc1ccccc1)Cc1ccco1. The van der Waals surface area contributed by atoms with E-state index in [1.165, 1.54) is 29.2 Å². The molecule has 2 amide bonds. The quantitative estimate of drug-likeness (QED) is 0.322. The Balaban J connectivity index is 1.56. The molecule has 1 atom stereocenters. The number of ether oxygens (including phenoxy) is 1. The number of nitro benzene ring substituents is 1. The third-order valence-corrected chi connectivity index (χ3v) is 5.86. The number of non-ortho nitro benzene ring substituents is 1. The van der Waals surface area contributed by atoms with Crippen molar-refractivity contribution in [1.82, 2.24) is 9.80 Å². The first kappa shape index (κ1) is 24.2. The van der Waals surface area contributed by atoms with Gasteiger partial charge >= 0.3 is 0 Å². The maximum Gasteiger partial charge on any atom is 0.270 e. The molecule has 3 aromatic rings. The highest BCUT2D eigenvalue weighted by molar-refractivity contribution is 5.97. The van der Waals surface area contributed by atoms with Gasteiger partial charge in [-0.1, -0.05) is 36.4 Å². The molecule has 2 heterocycles. The molecule has 0 bridgehead atoms. The summed E-state index contributed by atoms with van der Waals surface area (Å²) in [5.41, 5.74) is 0.927. The number of nitrogens with zero attached hydrogens (tertiary/aromatic N) is 3. The minimum atomic E-state index is -0.544. The molecule has 0 saturated carbocycles. The lowest BCUT2D eigenvalue weighted by atomic mass is 10.1. The molecule has 1 unspecified atom stereocenters. The summed E-state index contributed by atoms with van der Waals surface area (Å²) in [6.45, 7) is 1.25. The fourth-order valence-electron chi connectivity index (χ4n) is 4.08. The predicted octanol–water partition coefficient (Wildman–Crippen LogP) is 4.04. The Morgan fingerprint density at radius 3 is 2.51 bits per heavy atom. The summed E-state index contributed by atoms with van der Waals surface area (Å²) in [5, 5.41) is 11.2. The average molecular weight is 478 g/mol. The summed E-state index contributed by atoms with van der Waals surface area (Å²) in [6, 6.07) is 18.7. The molecular weight excluding hydrogens is 450 g/mol. The highest BCUT2D eigenvalue weighted by Crippen LogP contribution is 2.19. The fraction of sp³-hybridized carbons (Fsp3) is 0.308. The van der Waals surface area contributed by atoms with Crippen molar-refractivity contribution in [3.63, 3.8) is 0 Å². The molecule has 0 aliphatic carbocycles. The predicted molar refractivity (Wildman–Crippen MR) is 127 cm³/mol. The molecular formula is C26H27N3O6. The number of carbonyl (C=O) groups excluding carboxylic acids is 2. The van der Waals surface area contributed by atoms with Gasteiger partial charge in [0.25, 0.3) is 11.6 Å². The second kappa shape index (κ2) is 11.4. The van der Waals surface area contributed by atoms with Gasteiger partial charge in [0.1, 0.15) is 12.3 Å². The van der Waals surface area contributed by atoms with Gasteiger partial charge in [-0.15, -0.1) is 0 Å². The minimum Gasteiger partial charge on any atom is -0.467 e. The zero-order valence-corrected chi connectivity index (χ0v) is 19.2. The second-order valence-corrected chi connectivity index (χ2v) is 8.44. The molecule has 4 rings (SSSR count). The summed E-state index contributed by atoms with van der Waals surface area (Å²) in [5.74, 6) is -0.0813. The Kier molecular flexibility index (Phi) is 7.89. The second-order valence-electron chi connectivity index (χ2n) is 8.44. The number of amides is 2. The largest absolute Gasteiger partial charge is 0.467 e. The molecule has 2 aromatic carbocycles. The van der Waals surface area contributed by atoms with Crippen molar-refractivity contribution in [2.45, 2.75) is 32.0 Å². The Labute approximate surface area is 203 Å². The first-order valence-corrected chi connectivity index (χ1v) is 11.5. The topological polar surface area (TPSA) is 106 Å². The van der Waals surface area contributed by atoms with Crippen LogP contribution >= 0.6 is 0 Å². The highest BCUT2D eigenvalue weighted by atomic mass is 16.6. The molecule has 1 aliphatic heterocycles. The van der Waals surface area contributed by atoms with E-state index in [0.29, 0.717) is 18.9 Å². The maximum absolute atomic E-state index is 13.5. The van der Waals surface area contributed by atoms with Gasteiger partial charge in [-0.05, 0) is 36.6 Å². The monoisotopic (exact) mass is 477 g/mol. The highest BCUT2D eigenvalue weighted by Gasteiger charge is 2.28. The van der Waals surface area contributed by atoms with Gasteiger partial charge in [-0.2, -0.15) is 0 Å². The molecule has 1 saturated heterocycles. The Morgan fingerprint density at radius 1 is 1.00 bits per heavy atom. The zero-order valence-electron chi connectivity index (χ0n) is 19.2. The van der Waals surface area contributed by atoms with Crippen molar-refractivity contribution in [3.8, 4) is 0 Å². The van der Waals surface area contributed by atoms with Crippen LogP contribution in [0.15, 0.2) is 77.4 Å². The van der Waals surface area contributed by atoms with E-state index in [2.05, 4.69) is 0 Å². The maximum atomic E-state index is 13.5. The van der Waals surface area contributed by atoms with Gasteiger partial charge in [0.2, 0.25) is 5.91 Å². The summed E-state index contributed by atoms with van der Waals surface area (Å²) in [6.07, 6.45) is 3.04. The molecule has 9 heteroatoms. The Morgan fingerprint density at radius 2 is 1.83 bits per heavy atom. The van der Waals surface area contributed by atoms with Crippen molar-refractivity contribution >= 4 is 17.5 Å². The van der Waals surface area contributed by atoms with Crippen LogP contribution < -0.4 is 0 Å². The molecule has 1 aliphatic rings. The average Bonchev–Trinajstić information content (AvgIpc) is 3.58. The van der Waals surface area contributed by atoms with E-state index < -0.39 is 10.8 Å². The van der Waals surface area contributed by atoms with Crippen molar-refractivity contribution in [3.05, 3.63) is 100.0 Å². The van der Waals surface area contributed by atoms with Crippen LogP contribution in [-0.2, 0) is 22.6 Å². The number of nitro groups is 1. The van der Waals surface area contributed by atoms with Crippen LogP contribution in [0.1, 0.15) is 34.5 Å². The van der Waals surface area contributed by atoms with Gasteiger partial charge in [-0.25, -0.2) is 0 Å². The smallest absolute Gasteiger partial charge is 0.270 e. The van der Waals surface area contributed by atoms with E-state index >= 15 is 0 Å². The fourth-order valence-corrected chi connectivity index (χ4v) is 4.08. The molecule has 0 N–H and O–H groups in total. The normalized spacial score (nSPS) is 15.0. The lowest BCUT2D eigenvalue weighted by Crippen LogP contribution is -2.45. The van der Waals surface area contributed by atoms with E-state index in [4.69, 9.17) is 9.15 Å². The van der Waals surface area contributed by atoms with E-state index in [0.717, 1.165) is 18.4 Å². The van der Waals surface area contributed by atoms with E-state index in [1.807, 2.05) is 30.3 Å². The van der Waals surface area contributed by atoms with E-state index in [1.54, 1.807) is 23.3 Å². The number of benzene rings is 2. The summed E-state index contributed by atoms with van der Waals surface area (Å²) in [4.78, 5) is 40.6. The van der Waals surface area contributed by atoms with E-state index in [-0.39, 0.29) is 42.9 Å². The van der Waals surface area contributed by atoms with Crippen LogP contribution in [0.2, 0.25) is 0 Å². The third kappa shape index (κ3) is 6.54.